The highest BCUT2D eigenvalue weighted by Gasteiger charge is 2.16. The van der Waals surface area contributed by atoms with Gasteiger partial charge in [-0.1, -0.05) is 29.8 Å². The lowest BCUT2D eigenvalue weighted by molar-refractivity contribution is -0.117. The lowest BCUT2D eigenvalue weighted by Gasteiger charge is -2.25. The molecule has 2 amide bonds. The van der Waals surface area contributed by atoms with Gasteiger partial charge in [0.15, 0.2) is 0 Å². The first-order chi connectivity index (χ1) is 9.79. The average Bonchev–Trinajstić information content (AvgIpc) is 2.34. The quantitative estimate of drug-likeness (QED) is 0.638. The van der Waals surface area contributed by atoms with E-state index < -0.39 is 11.8 Å². The van der Waals surface area contributed by atoms with Crippen LogP contribution in [0.1, 0.15) is 19.4 Å². The van der Waals surface area contributed by atoms with Gasteiger partial charge in [0.1, 0.15) is 0 Å². The Morgan fingerprint density at radius 1 is 1.24 bits per heavy atom. The van der Waals surface area contributed by atoms with Gasteiger partial charge < -0.3 is 21.7 Å². The third kappa shape index (κ3) is 6.14. The summed E-state index contributed by atoms with van der Waals surface area (Å²) in [5, 5.41) is 3.31. The molecule has 0 radical (unpaired) electrons. The molecule has 0 aliphatic heterocycles. The van der Waals surface area contributed by atoms with Gasteiger partial charge in [0.25, 0.3) is 0 Å². The second kappa shape index (κ2) is 7.99. The van der Waals surface area contributed by atoms with Crippen molar-refractivity contribution >= 4 is 33.4 Å². The summed E-state index contributed by atoms with van der Waals surface area (Å²) in [7, 11) is 0. The van der Waals surface area contributed by atoms with E-state index >= 15 is 0 Å². The van der Waals surface area contributed by atoms with Gasteiger partial charge in [0.2, 0.25) is 11.8 Å². The predicted octanol–water partition coefficient (Wildman–Crippen LogP) is 0.724. The van der Waals surface area contributed by atoms with Crippen LogP contribution in [-0.2, 0) is 16.1 Å². The molecule has 0 heterocycles. The first-order valence-corrected chi connectivity index (χ1v) is 7.42. The van der Waals surface area contributed by atoms with E-state index in [9.17, 15) is 9.59 Å². The van der Waals surface area contributed by atoms with Crippen molar-refractivity contribution < 1.29 is 9.59 Å². The Balaban J connectivity index is 3.09. The molecule has 1 aromatic carbocycles. The van der Waals surface area contributed by atoms with Crippen LogP contribution < -0.4 is 21.7 Å². The Morgan fingerprint density at radius 2 is 1.81 bits per heavy atom. The number of primary amides is 2. The molecule has 6 nitrogen and oxygen atoms in total. The number of nitrogens with zero attached hydrogens (tertiary/aromatic N) is 1. The SMILES string of the molecule is CC(C)NCc1cc(Br)ccc1N(CC(N)=O)CC(N)=O. The Bertz CT molecular complexity index is 504. The normalized spacial score (nSPS) is 10.7. The van der Waals surface area contributed by atoms with E-state index in [0.717, 1.165) is 15.7 Å². The van der Waals surface area contributed by atoms with Gasteiger partial charge >= 0.3 is 0 Å². The van der Waals surface area contributed by atoms with E-state index in [0.29, 0.717) is 12.6 Å². The van der Waals surface area contributed by atoms with Crippen molar-refractivity contribution in [1.82, 2.24) is 5.32 Å². The molecule has 0 atom stereocenters. The summed E-state index contributed by atoms with van der Waals surface area (Å²) in [6.07, 6.45) is 0. The first kappa shape index (κ1) is 17.5. The molecule has 0 saturated carbocycles. The number of amides is 2. The largest absolute Gasteiger partial charge is 0.368 e. The van der Waals surface area contributed by atoms with Gasteiger partial charge in [-0.3, -0.25) is 9.59 Å². The van der Waals surface area contributed by atoms with Gasteiger partial charge in [-0.25, -0.2) is 0 Å². The van der Waals surface area contributed by atoms with E-state index in [2.05, 4.69) is 21.2 Å². The highest BCUT2D eigenvalue weighted by atomic mass is 79.9. The fourth-order valence-electron chi connectivity index (χ4n) is 1.92. The number of nitrogens with two attached hydrogens (primary N) is 2. The van der Waals surface area contributed by atoms with E-state index in [4.69, 9.17) is 11.5 Å². The second-order valence-corrected chi connectivity index (χ2v) is 6.01. The molecule has 1 aromatic rings. The second-order valence-electron chi connectivity index (χ2n) is 5.10. The van der Waals surface area contributed by atoms with Crippen molar-refractivity contribution in [3.8, 4) is 0 Å². The molecular formula is C14H21BrN4O2. The summed E-state index contributed by atoms with van der Waals surface area (Å²) < 4.78 is 0.921. The summed E-state index contributed by atoms with van der Waals surface area (Å²) in [5.74, 6) is -1.02. The van der Waals surface area contributed by atoms with Crippen molar-refractivity contribution in [3.05, 3.63) is 28.2 Å². The minimum Gasteiger partial charge on any atom is -0.368 e. The van der Waals surface area contributed by atoms with Crippen LogP contribution in [0.3, 0.4) is 0 Å². The minimum absolute atomic E-state index is 0.0563. The third-order valence-electron chi connectivity index (χ3n) is 2.78. The third-order valence-corrected chi connectivity index (χ3v) is 3.27. The zero-order chi connectivity index (χ0) is 16.0. The van der Waals surface area contributed by atoms with E-state index in [1.165, 1.54) is 0 Å². The first-order valence-electron chi connectivity index (χ1n) is 6.63. The molecule has 0 bridgehead atoms. The average molecular weight is 357 g/mol. The number of rotatable bonds is 8. The maximum atomic E-state index is 11.2. The van der Waals surface area contributed by atoms with Crippen LogP contribution in [0.2, 0.25) is 0 Å². The summed E-state index contributed by atoms with van der Waals surface area (Å²) in [4.78, 5) is 24.0. The number of halogens is 1. The van der Waals surface area contributed by atoms with Crippen LogP contribution in [0.4, 0.5) is 5.69 Å². The van der Waals surface area contributed by atoms with E-state index in [1.807, 2.05) is 32.0 Å². The molecule has 0 spiro atoms. The molecule has 0 aromatic heterocycles. The van der Waals surface area contributed by atoms with Crippen LogP contribution >= 0.6 is 15.9 Å². The Kier molecular flexibility index (Phi) is 6.64. The van der Waals surface area contributed by atoms with Crippen LogP contribution in [0.5, 0.6) is 0 Å². The van der Waals surface area contributed by atoms with Crippen molar-refractivity contribution in [2.24, 2.45) is 11.5 Å². The van der Waals surface area contributed by atoms with Crippen molar-refractivity contribution in [2.75, 3.05) is 18.0 Å². The summed E-state index contributed by atoms with van der Waals surface area (Å²) in [6, 6.07) is 5.95. The molecule has 1 rings (SSSR count). The number of carbonyl (C=O) groups is 2. The Morgan fingerprint density at radius 3 is 2.29 bits per heavy atom. The molecule has 7 heteroatoms. The van der Waals surface area contributed by atoms with Gasteiger partial charge in [-0.15, -0.1) is 0 Å². The summed E-state index contributed by atoms with van der Waals surface area (Å²) in [5.41, 5.74) is 12.2. The minimum atomic E-state index is -0.512. The lowest BCUT2D eigenvalue weighted by Crippen LogP contribution is -2.40. The van der Waals surface area contributed by atoms with Crippen LogP contribution in [0, 0.1) is 0 Å². The molecule has 21 heavy (non-hydrogen) atoms. The van der Waals surface area contributed by atoms with Crippen LogP contribution in [0.25, 0.3) is 0 Å². The maximum absolute atomic E-state index is 11.2. The highest BCUT2D eigenvalue weighted by molar-refractivity contribution is 9.10. The molecule has 0 unspecified atom stereocenters. The van der Waals surface area contributed by atoms with Gasteiger partial charge in [-0.05, 0) is 23.8 Å². The van der Waals surface area contributed by atoms with Gasteiger partial charge in [0.05, 0.1) is 13.1 Å². The fraction of sp³-hybridized carbons (Fsp3) is 0.429. The standard InChI is InChI=1S/C14H21BrN4O2/c1-9(2)18-6-10-5-11(15)3-4-12(10)19(7-13(16)20)8-14(17)21/h3-5,9,18H,6-8H2,1-2H3,(H2,16,20)(H2,17,21). The number of nitrogens with one attached hydrogen (secondary N) is 1. The molecule has 116 valence electrons. The van der Waals surface area contributed by atoms with Gasteiger partial charge in [-0.2, -0.15) is 0 Å². The van der Waals surface area contributed by atoms with E-state index in [-0.39, 0.29) is 13.1 Å². The van der Waals surface area contributed by atoms with Crippen molar-refractivity contribution in [3.63, 3.8) is 0 Å². The monoisotopic (exact) mass is 356 g/mol. The smallest absolute Gasteiger partial charge is 0.236 e. The predicted molar refractivity (Wildman–Crippen MR) is 86.7 cm³/mol. The molecule has 0 aliphatic carbocycles. The lowest BCUT2D eigenvalue weighted by atomic mass is 10.1. The van der Waals surface area contributed by atoms with Gasteiger partial charge in [0, 0.05) is 22.7 Å². The van der Waals surface area contributed by atoms with Crippen LogP contribution in [0.15, 0.2) is 22.7 Å². The number of hydrogen-bond acceptors (Lipinski definition) is 4. The number of hydrogen-bond donors (Lipinski definition) is 3. The maximum Gasteiger partial charge on any atom is 0.236 e. The molecular weight excluding hydrogens is 336 g/mol. The molecule has 0 fully saturated rings. The number of anilines is 1. The van der Waals surface area contributed by atoms with Crippen LogP contribution in [-0.4, -0.2) is 30.9 Å². The Hall–Kier alpha value is -1.60. The highest BCUT2D eigenvalue weighted by Crippen LogP contribution is 2.24. The molecule has 5 N–H and O–H groups in total. The summed E-state index contributed by atoms with van der Waals surface area (Å²) in [6.45, 7) is 4.59. The van der Waals surface area contributed by atoms with E-state index in [1.54, 1.807) is 4.90 Å². The molecule has 0 saturated heterocycles. The zero-order valence-corrected chi connectivity index (χ0v) is 13.8. The number of benzene rings is 1. The topological polar surface area (TPSA) is 101 Å². The van der Waals surface area contributed by atoms with Crippen molar-refractivity contribution in [1.29, 1.82) is 0 Å². The fourth-order valence-corrected chi connectivity index (χ4v) is 2.33. The zero-order valence-electron chi connectivity index (χ0n) is 12.2. The Labute approximate surface area is 133 Å². The summed E-state index contributed by atoms with van der Waals surface area (Å²) >= 11 is 3.42. The molecule has 0 aliphatic rings. The number of carbonyl (C=O) groups excluding carboxylic acids is 2. The van der Waals surface area contributed by atoms with Crippen molar-refractivity contribution in [2.45, 2.75) is 26.4 Å².